The van der Waals surface area contributed by atoms with E-state index in [9.17, 15) is 9.18 Å². The van der Waals surface area contributed by atoms with Crippen molar-refractivity contribution in [3.63, 3.8) is 0 Å². The second-order valence-electron chi connectivity index (χ2n) is 2.39. The normalized spacial score (nSPS) is 9.62. The molecule has 0 saturated heterocycles. The zero-order chi connectivity index (χ0) is 8.55. The van der Waals surface area contributed by atoms with Gasteiger partial charge in [0.1, 0.15) is 5.82 Å². The number of halogens is 2. The molecule has 5 heteroatoms. The van der Waals surface area contributed by atoms with Crippen LogP contribution >= 0.6 is 12.4 Å². The third kappa shape index (κ3) is 1.67. The van der Waals surface area contributed by atoms with Crippen LogP contribution in [0.2, 0.25) is 0 Å². The first-order valence-corrected chi connectivity index (χ1v) is 3.40. The lowest BCUT2D eigenvalue weighted by Crippen LogP contribution is -2.06. The Morgan fingerprint density at radius 2 is 2.15 bits per heavy atom. The summed E-state index contributed by atoms with van der Waals surface area (Å²) in [5.74, 6) is -0.430. The highest BCUT2D eigenvalue weighted by Gasteiger charge is 1.99. The van der Waals surface area contributed by atoms with Crippen LogP contribution in [0.3, 0.4) is 0 Å². The Kier molecular flexibility index (Phi) is 2.63. The molecule has 0 spiro atoms. The summed E-state index contributed by atoms with van der Waals surface area (Å²) < 4.78 is 12.6. The number of rotatable bonds is 0. The lowest BCUT2D eigenvalue weighted by molar-refractivity contribution is 0.629. The maximum Gasteiger partial charge on any atom is 0.258 e. The maximum absolute atomic E-state index is 12.6. The van der Waals surface area contributed by atoms with Gasteiger partial charge >= 0.3 is 0 Å². The van der Waals surface area contributed by atoms with Crippen molar-refractivity contribution in [3.05, 3.63) is 40.7 Å². The third-order valence-electron chi connectivity index (χ3n) is 1.60. The zero-order valence-electron chi connectivity index (χ0n) is 6.45. The third-order valence-corrected chi connectivity index (χ3v) is 1.60. The number of benzene rings is 1. The van der Waals surface area contributed by atoms with Crippen LogP contribution in [-0.4, -0.2) is 9.97 Å². The van der Waals surface area contributed by atoms with Crippen molar-refractivity contribution in [2.75, 3.05) is 0 Å². The molecule has 0 aliphatic heterocycles. The lowest BCUT2D eigenvalue weighted by Gasteiger charge is -1.93. The van der Waals surface area contributed by atoms with E-state index < -0.39 is 5.82 Å². The Morgan fingerprint density at radius 1 is 1.38 bits per heavy atom. The topological polar surface area (TPSA) is 45.8 Å². The molecule has 1 aromatic carbocycles. The second-order valence-corrected chi connectivity index (χ2v) is 2.39. The number of nitrogens with one attached hydrogen (secondary N) is 1. The van der Waals surface area contributed by atoms with Crippen molar-refractivity contribution in [2.45, 2.75) is 0 Å². The Morgan fingerprint density at radius 3 is 2.92 bits per heavy atom. The highest BCUT2D eigenvalue weighted by atomic mass is 35.5. The summed E-state index contributed by atoms with van der Waals surface area (Å²) in [6, 6.07) is 3.91. The Labute approximate surface area is 79.0 Å². The van der Waals surface area contributed by atoms with Gasteiger partial charge in [0.15, 0.2) is 0 Å². The van der Waals surface area contributed by atoms with Gasteiger partial charge in [0.25, 0.3) is 5.56 Å². The first-order chi connectivity index (χ1) is 5.77. The number of aromatic amines is 1. The molecule has 0 aliphatic rings. The molecule has 1 N–H and O–H groups in total. The molecule has 0 fully saturated rings. The number of aromatic nitrogens is 2. The van der Waals surface area contributed by atoms with Crippen molar-refractivity contribution in [1.82, 2.24) is 9.97 Å². The fourth-order valence-corrected chi connectivity index (χ4v) is 1.04. The maximum atomic E-state index is 12.6. The van der Waals surface area contributed by atoms with Crippen molar-refractivity contribution in [2.24, 2.45) is 0 Å². The molecular formula is C8H6ClFN2O. The van der Waals surface area contributed by atoms with E-state index in [1.165, 1.54) is 24.5 Å². The zero-order valence-corrected chi connectivity index (χ0v) is 7.27. The van der Waals surface area contributed by atoms with E-state index in [2.05, 4.69) is 9.97 Å². The number of nitrogens with zero attached hydrogens (tertiary/aromatic N) is 1. The van der Waals surface area contributed by atoms with Crippen LogP contribution in [0, 0.1) is 5.82 Å². The summed E-state index contributed by atoms with van der Waals surface area (Å²) in [6.07, 6.45) is 1.29. The van der Waals surface area contributed by atoms with Crippen molar-refractivity contribution in [3.8, 4) is 0 Å². The lowest BCUT2D eigenvalue weighted by atomic mass is 10.2. The fraction of sp³-hybridized carbons (Fsp3) is 0. The summed E-state index contributed by atoms with van der Waals surface area (Å²) in [6.45, 7) is 0. The summed E-state index contributed by atoms with van der Waals surface area (Å²) >= 11 is 0. The monoisotopic (exact) mass is 200 g/mol. The van der Waals surface area contributed by atoms with Crippen molar-refractivity contribution in [1.29, 1.82) is 0 Å². The van der Waals surface area contributed by atoms with Gasteiger partial charge in [-0.3, -0.25) is 4.79 Å². The average Bonchev–Trinajstić information content (AvgIpc) is 2.07. The van der Waals surface area contributed by atoms with E-state index >= 15 is 0 Å². The van der Waals surface area contributed by atoms with Crippen LogP contribution < -0.4 is 5.56 Å². The van der Waals surface area contributed by atoms with E-state index in [4.69, 9.17) is 0 Å². The summed E-state index contributed by atoms with van der Waals surface area (Å²) in [5.41, 5.74) is 0.180. The van der Waals surface area contributed by atoms with Gasteiger partial charge in [0.05, 0.1) is 17.2 Å². The molecule has 0 unspecified atom stereocenters. The Hall–Kier alpha value is -1.42. The summed E-state index contributed by atoms with van der Waals surface area (Å²) in [7, 11) is 0. The van der Waals surface area contributed by atoms with Crippen LogP contribution in [0.5, 0.6) is 0 Å². The van der Waals surface area contributed by atoms with Gasteiger partial charge in [-0.2, -0.15) is 0 Å². The number of hydrogen-bond donors (Lipinski definition) is 1. The number of H-pyrrole nitrogens is 1. The van der Waals surface area contributed by atoms with Crippen LogP contribution in [0.1, 0.15) is 0 Å². The molecule has 0 amide bonds. The predicted molar refractivity (Wildman–Crippen MR) is 49.6 cm³/mol. The smallest absolute Gasteiger partial charge is 0.258 e. The molecule has 1 heterocycles. The van der Waals surface area contributed by atoms with Crippen LogP contribution in [0.15, 0.2) is 29.3 Å². The fourth-order valence-electron chi connectivity index (χ4n) is 1.04. The summed E-state index contributed by atoms with van der Waals surface area (Å²) in [4.78, 5) is 17.3. The van der Waals surface area contributed by atoms with Crippen LogP contribution in [0.4, 0.5) is 4.39 Å². The number of hydrogen-bond acceptors (Lipinski definition) is 2. The van der Waals surface area contributed by atoms with Crippen molar-refractivity contribution >= 4 is 23.3 Å². The van der Waals surface area contributed by atoms with Gasteiger partial charge in [0, 0.05) is 0 Å². The SMILES string of the molecule is Cl.O=c1[nH]cnc2ccc(F)cc12. The largest absolute Gasteiger partial charge is 0.313 e. The van der Waals surface area contributed by atoms with Gasteiger partial charge in [-0.25, -0.2) is 9.37 Å². The van der Waals surface area contributed by atoms with E-state index in [1.54, 1.807) is 0 Å². The van der Waals surface area contributed by atoms with Gasteiger partial charge < -0.3 is 4.98 Å². The molecule has 0 atom stereocenters. The van der Waals surface area contributed by atoms with E-state index in [-0.39, 0.29) is 23.4 Å². The summed E-state index contributed by atoms with van der Waals surface area (Å²) in [5, 5.41) is 0.275. The number of fused-ring (bicyclic) bond motifs is 1. The van der Waals surface area contributed by atoms with E-state index in [0.717, 1.165) is 0 Å². The average molecular weight is 201 g/mol. The van der Waals surface area contributed by atoms with Gasteiger partial charge in [-0.05, 0) is 18.2 Å². The first-order valence-electron chi connectivity index (χ1n) is 3.40. The first kappa shape index (κ1) is 9.67. The minimum atomic E-state index is -0.430. The molecule has 0 bridgehead atoms. The second kappa shape index (κ2) is 3.53. The minimum absolute atomic E-state index is 0. The van der Waals surface area contributed by atoms with Crippen molar-refractivity contribution < 1.29 is 4.39 Å². The van der Waals surface area contributed by atoms with Crippen LogP contribution in [0.25, 0.3) is 10.9 Å². The molecule has 2 aromatic rings. The highest BCUT2D eigenvalue weighted by molar-refractivity contribution is 5.85. The Balaban J connectivity index is 0.000000845. The molecular weight excluding hydrogens is 195 g/mol. The van der Waals surface area contributed by atoms with Gasteiger partial charge in [-0.1, -0.05) is 0 Å². The molecule has 13 heavy (non-hydrogen) atoms. The molecule has 0 saturated carbocycles. The van der Waals surface area contributed by atoms with Gasteiger partial charge in [0.2, 0.25) is 0 Å². The molecule has 0 aliphatic carbocycles. The van der Waals surface area contributed by atoms with E-state index in [0.29, 0.717) is 5.52 Å². The minimum Gasteiger partial charge on any atom is -0.313 e. The molecule has 68 valence electrons. The van der Waals surface area contributed by atoms with Gasteiger partial charge in [-0.15, -0.1) is 12.4 Å². The Bertz CT molecular complexity index is 483. The standard InChI is InChI=1S/C8H5FN2O.ClH/c9-5-1-2-7-6(3-5)8(12)11-4-10-7;/h1-4H,(H,10,11,12);1H. The molecule has 0 radical (unpaired) electrons. The highest BCUT2D eigenvalue weighted by Crippen LogP contribution is 2.06. The molecule has 3 nitrogen and oxygen atoms in total. The quantitative estimate of drug-likeness (QED) is 0.700. The molecule has 1 aromatic heterocycles. The van der Waals surface area contributed by atoms with E-state index in [1.807, 2.05) is 0 Å². The van der Waals surface area contributed by atoms with Crippen LogP contribution in [-0.2, 0) is 0 Å². The molecule has 2 rings (SSSR count). The predicted octanol–water partition coefficient (Wildman–Crippen LogP) is 1.48.